The minimum Gasteiger partial charge on any atom is -0.302 e. The fourth-order valence-corrected chi connectivity index (χ4v) is 3.27. The van der Waals surface area contributed by atoms with Crippen molar-refractivity contribution in [2.75, 3.05) is 28.2 Å². The van der Waals surface area contributed by atoms with Crippen molar-refractivity contribution in [3.63, 3.8) is 0 Å². The zero-order valence-electron chi connectivity index (χ0n) is 16.6. The van der Waals surface area contributed by atoms with Crippen molar-refractivity contribution < 1.29 is 4.79 Å². The van der Waals surface area contributed by atoms with Crippen LogP contribution in [0.5, 0.6) is 0 Å². The van der Waals surface area contributed by atoms with E-state index in [1.807, 2.05) is 79.0 Å². The molecule has 0 amide bonds. The van der Waals surface area contributed by atoms with E-state index < -0.39 is 0 Å². The molecule has 146 valence electrons. The Morgan fingerprint density at radius 1 is 0.857 bits per heavy atom. The molecule has 0 aliphatic rings. The second-order valence-electron chi connectivity index (χ2n) is 7.17. The first-order valence-electron chi connectivity index (χ1n) is 8.99. The maximum Gasteiger partial charge on any atom is 0.196 e. The van der Waals surface area contributed by atoms with Crippen LogP contribution in [0.4, 0.5) is 0 Å². The minimum absolute atomic E-state index is 0.124. The molecule has 7 heteroatoms. The van der Waals surface area contributed by atoms with Gasteiger partial charge in [0.2, 0.25) is 0 Å². The summed E-state index contributed by atoms with van der Waals surface area (Å²) in [6, 6.07) is 14.6. The number of para-hydroxylation sites is 1. The van der Waals surface area contributed by atoms with Gasteiger partial charge in [0, 0.05) is 11.1 Å². The Balaban J connectivity index is 2.16. The first-order chi connectivity index (χ1) is 13.4. The Bertz CT molecular complexity index is 953. The van der Waals surface area contributed by atoms with E-state index in [0.29, 0.717) is 29.2 Å². The molecule has 0 saturated carbocycles. The topological polar surface area (TPSA) is 54.3 Å². The van der Waals surface area contributed by atoms with Crippen LogP contribution in [-0.2, 0) is 13.1 Å². The highest BCUT2D eigenvalue weighted by Crippen LogP contribution is 2.25. The van der Waals surface area contributed by atoms with Gasteiger partial charge in [0.15, 0.2) is 17.4 Å². The van der Waals surface area contributed by atoms with E-state index in [4.69, 9.17) is 11.6 Å². The van der Waals surface area contributed by atoms with Crippen molar-refractivity contribution in [3.8, 4) is 5.69 Å². The molecular formula is C21H24ClN5O. The van der Waals surface area contributed by atoms with Crippen LogP contribution in [0, 0.1) is 0 Å². The van der Waals surface area contributed by atoms with Crippen LogP contribution < -0.4 is 0 Å². The lowest BCUT2D eigenvalue weighted by molar-refractivity contribution is 0.103. The largest absolute Gasteiger partial charge is 0.302 e. The summed E-state index contributed by atoms with van der Waals surface area (Å²) in [5.41, 5.74) is 1.80. The van der Waals surface area contributed by atoms with Gasteiger partial charge in [-0.25, -0.2) is 0 Å². The molecule has 0 unspecified atom stereocenters. The SMILES string of the molecule is CN(C)Cc1nnc(CN(C)C)n1-c1ccccc1C(=O)c1ccccc1Cl. The molecular weight excluding hydrogens is 374 g/mol. The Morgan fingerprint density at radius 2 is 1.36 bits per heavy atom. The van der Waals surface area contributed by atoms with Gasteiger partial charge in [0.05, 0.1) is 23.8 Å². The standard InChI is InChI=1S/C21H24ClN5O/c1-25(2)13-19-23-24-20(14-26(3)4)27(19)18-12-8-6-10-16(18)21(28)15-9-5-7-11-17(15)22/h5-12H,13-14H2,1-4H3. The number of aromatic nitrogens is 3. The Hall–Kier alpha value is -2.54. The predicted octanol–water partition coefficient (Wildman–Crippen LogP) is 3.27. The van der Waals surface area contributed by atoms with Gasteiger partial charge in [-0.3, -0.25) is 9.36 Å². The van der Waals surface area contributed by atoms with Gasteiger partial charge in [-0.05, 0) is 52.5 Å². The maximum atomic E-state index is 13.3. The normalized spacial score (nSPS) is 11.4. The van der Waals surface area contributed by atoms with Gasteiger partial charge in [-0.2, -0.15) is 0 Å². The highest BCUT2D eigenvalue weighted by Gasteiger charge is 2.22. The minimum atomic E-state index is -0.124. The molecule has 0 N–H and O–H groups in total. The molecule has 0 aliphatic heterocycles. The van der Waals surface area contributed by atoms with Crippen molar-refractivity contribution in [1.29, 1.82) is 0 Å². The van der Waals surface area contributed by atoms with Crippen molar-refractivity contribution in [2.45, 2.75) is 13.1 Å². The molecule has 0 atom stereocenters. The monoisotopic (exact) mass is 397 g/mol. The number of carbonyl (C=O) groups is 1. The smallest absolute Gasteiger partial charge is 0.196 e. The Morgan fingerprint density at radius 3 is 1.89 bits per heavy atom. The summed E-state index contributed by atoms with van der Waals surface area (Å²) >= 11 is 6.28. The van der Waals surface area contributed by atoms with E-state index in [1.165, 1.54) is 0 Å². The van der Waals surface area contributed by atoms with E-state index in [1.54, 1.807) is 12.1 Å². The van der Waals surface area contributed by atoms with Gasteiger partial charge in [-0.1, -0.05) is 35.9 Å². The molecule has 0 saturated heterocycles. The molecule has 6 nitrogen and oxygen atoms in total. The maximum absolute atomic E-state index is 13.3. The summed E-state index contributed by atoms with van der Waals surface area (Å²) in [4.78, 5) is 17.3. The van der Waals surface area contributed by atoms with Crippen LogP contribution in [0.3, 0.4) is 0 Å². The third-order valence-electron chi connectivity index (χ3n) is 4.22. The third kappa shape index (κ3) is 4.30. The molecule has 28 heavy (non-hydrogen) atoms. The van der Waals surface area contributed by atoms with Crippen molar-refractivity contribution in [3.05, 3.63) is 76.3 Å². The average molecular weight is 398 g/mol. The van der Waals surface area contributed by atoms with Crippen LogP contribution in [0.2, 0.25) is 5.02 Å². The van der Waals surface area contributed by atoms with Crippen LogP contribution in [0.25, 0.3) is 5.69 Å². The second kappa shape index (κ2) is 8.65. The molecule has 0 spiro atoms. The summed E-state index contributed by atoms with van der Waals surface area (Å²) < 4.78 is 1.98. The molecule has 3 aromatic rings. The van der Waals surface area contributed by atoms with Gasteiger partial charge in [-0.15, -0.1) is 10.2 Å². The zero-order chi connectivity index (χ0) is 20.3. The van der Waals surface area contributed by atoms with E-state index in [2.05, 4.69) is 10.2 Å². The molecule has 0 bridgehead atoms. The lowest BCUT2D eigenvalue weighted by Crippen LogP contribution is -2.20. The average Bonchev–Trinajstić information content (AvgIpc) is 3.02. The number of ketones is 1. The second-order valence-corrected chi connectivity index (χ2v) is 7.58. The lowest BCUT2D eigenvalue weighted by atomic mass is 10.0. The fraction of sp³-hybridized carbons (Fsp3) is 0.286. The van der Waals surface area contributed by atoms with E-state index in [0.717, 1.165) is 17.3 Å². The first-order valence-corrected chi connectivity index (χ1v) is 9.37. The Labute approximate surface area is 170 Å². The van der Waals surface area contributed by atoms with Crippen LogP contribution in [0.1, 0.15) is 27.6 Å². The van der Waals surface area contributed by atoms with Crippen molar-refractivity contribution >= 4 is 17.4 Å². The highest BCUT2D eigenvalue weighted by atomic mass is 35.5. The predicted molar refractivity (Wildman–Crippen MR) is 111 cm³/mol. The Kier molecular flexibility index (Phi) is 6.24. The van der Waals surface area contributed by atoms with Gasteiger partial charge in [0.25, 0.3) is 0 Å². The zero-order valence-corrected chi connectivity index (χ0v) is 17.3. The van der Waals surface area contributed by atoms with Gasteiger partial charge >= 0.3 is 0 Å². The molecule has 0 radical (unpaired) electrons. The molecule has 0 aliphatic carbocycles. The summed E-state index contributed by atoms with van der Waals surface area (Å²) in [5, 5.41) is 9.21. The number of carbonyl (C=O) groups excluding carboxylic acids is 1. The quantitative estimate of drug-likeness (QED) is 0.573. The van der Waals surface area contributed by atoms with Crippen LogP contribution >= 0.6 is 11.6 Å². The van der Waals surface area contributed by atoms with Gasteiger partial charge < -0.3 is 9.80 Å². The number of nitrogens with zero attached hydrogens (tertiary/aromatic N) is 5. The van der Waals surface area contributed by atoms with Crippen molar-refractivity contribution in [1.82, 2.24) is 24.6 Å². The summed E-state index contributed by atoms with van der Waals surface area (Å²) in [7, 11) is 7.91. The first kappa shape index (κ1) is 20.2. The van der Waals surface area contributed by atoms with E-state index in [9.17, 15) is 4.79 Å². The highest BCUT2D eigenvalue weighted by molar-refractivity contribution is 6.35. The summed E-state index contributed by atoms with van der Waals surface area (Å²) in [6.45, 7) is 1.21. The fourth-order valence-electron chi connectivity index (χ4n) is 3.05. The lowest BCUT2D eigenvalue weighted by Gasteiger charge is -2.18. The van der Waals surface area contributed by atoms with Crippen molar-refractivity contribution in [2.24, 2.45) is 0 Å². The van der Waals surface area contributed by atoms with E-state index >= 15 is 0 Å². The summed E-state index contributed by atoms with van der Waals surface area (Å²) in [6.07, 6.45) is 0. The third-order valence-corrected chi connectivity index (χ3v) is 4.55. The van der Waals surface area contributed by atoms with Crippen LogP contribution in [-0.4, -0.2) is 58.5 Å². The molecule has 0 fully saturated rings. The number of hydrogen-bond acceptors (Lipinski definition) is 5. The number of hydrogen-bond donors (Lipinski definition) is 0. The molecule has 1 aromatic heterocycles. The van der Waals surface area contributed by atoms with E-state index in [-0.39, 0.29) is 5.78 Å². The number of rotatable bonds is 7. The number of halogens is 1. The molecule has 1 heterocycles. The molecule has 3 rings (SSSR count). The van der Waals surface area contributed by atoms with Crippen LogP contribution in [0.15, 0.2) is 48.5 Å². The van der Waals surface area contributed by atoms with Gasteiger partial charge in [0.1, 0.15) is 0 Å². The summed E-state index contributed by atoms with van der Waals surface area (Å²) in [5.74, 6) is 1.43. The number of benzene rings is 2. The molecule has 2 aromatic carbocycles.